The standard InChI is InChI=1S/C21H19N5O3S/c1-23-19-18(20(28)24(2)21(23)29)25(12-22-19)11-17(27)26-13-7-3-5-9-15(13)30-16-10-6-4-8-14(16)26/h3-10,12,18-19H,11H2,1-2H3. The average Bonchev–Trinajstić information content (AvgIpc) is 3.18. The summed E-state index contributed by atoms with van der Waals surface area (Å²) in [6.45, 7) is -0.0282. The predicted molar refractivity (Wildman–Crippen MR) is 113 cm³/mol. The van der Waals surface area contributed by atoms with Crippen LogP contribution >= 0.6 is 11.8 Å². The molecule has 2 atom stereocenters. The number of hydrogen-bond acceptors (Lipinski definition) is 6. The Labute approximate surface area is 177 Å². The first kappa shape index (κ1) is 18.7. The van der Waals surface area contributed by atoms with E-state index in [9.17, 15) is 14.4 Å². The van der Waals surface area contributed by atoms with Gasteiger partial charge >= 0.3 is 6.03 Å². The number of likely N-dealkylation sites (N-methyl/N-ethyl adjacent to an activating group) is 2. The Balaban J connectivity index is 1.46. The number of carbonyl (C=O) groups excluding carboxylic acids is 3. The molecule has 3 aliphatic rings. The largest absolute Gasteiger partial charge is 0.338 e. The molecule has 2 aromatic carbocycles. The van der Waals surface area contributed by atoms with Crippen LogP contribution < -0.4 is 4.90 Å². The second kappa shape index (κ2) is 6.88. The number of anilines is 2. The van der Waals surface area contributed by atoms with E-state index in [1.807, 2.05) is 48.5 Å². The van der Waals surface area contributed by atoms with Gasteiger partial charge in [0.05, 0.1) is 24.3 Å². The number of urea groups is 1. The molecule has 152 valence electrons. The summed E-state index contributed by atoms with van der Waals surface area (Å²) >= 11 is 1.63. The molecular weight excluding hydrogens is 402 g/mol. The summed E-state index contributed by atoms with van der Waals surface area (Å²) in [5.74, 6) is -0.527. The molecule has 3 heterocycles. The monoisotopic (exact) mass is 421 g/mol. The van der Waals surface area contributed by atoms with Gasteiger partial charge in [-0.05, 0) is 24.3 Å². The van der Waals surface area contributed by atoms with Crippen molar-refractivity contribution < 1.29 is 14.4 Å². The molecule has 0 N–H and O–H groups in total. The molecule has 5 rings (SSSR count). The highest BCUT2D eigenvalue weighted by Crippen LogP contribution is 2.47. The molecule has 0 saturated carbocycles. The second-order valence-corrected chi connectivity index (χ2v) is 8.44. The Kier molecular flexibility index (Phi) is 4.28. The maximum atomic E-state index is 13.5. The normalized spacial score (nSPS) is 22.2. The lowest BCUT2D eigenvalue weighted by Gasteiger charge is -2.40. The van der Waals surface area contributed by atoms with Gasteiger partial charge in [-0.15, -0.1) is 0 Å². The van der Waals surface area contributed by atoms with E-state index in [-0.39, 0.29) is 18.4 Å². The van der Waals surface area contributed by atoms with Crippen molar-refractivity contribution in [3.8, 4) is 0 Å². The SMILES string of the molecule is CN1C(=O)C2C(N=CN2CC(=O)N2c3ccccc3Sc3ccccc32)N(C)C1=O. The first-order valence-electron chi connectivity index (χ1n) is 9.49. The molecule has 30 heavy (non-hydrogen) atoms. The number of amides is 4. The molecule has 2 unspecified atom stereocenters. The third-order valence-electron chi connectivity index (χ3n) is 5.58. The third-order valence-corrected chi connectivity index (χ3v) is 6.71. The number of aliphatic imine (C=N–C) groups is 1. The minimum atomic E-state index is -0.702. The van der Waals surface area contributed by atoms with Crippen molar-refractivity contribution in [2.45, 2.75) is 22.0 Å². The number of rotatable bonds is 2. The summed E-state index contributed by atoms with van der Waals surface area (Å²) in [5, 5.41) is 0. The maximum Gasteiger partial charge on any atom is 0.328 e. The van der Waals surface area contributed by atoms with E-state index < -0.39 is 18.2 Å². The van der Waals surface area contributed by atoms with Gasteiger partial charge in [0.2, 0.25) is 0 Å². The number of nitrogens with zero attached hydrogens (tertiary/aromatic N) is 5. The van der Waals surface area contributed by atoms with Crippen molar-refractivity contribution in [3.63, 3.8) is 0 Å². The highest BCUT2D eigenvalue weighted by molar-refractivity contribution is 7.99. The van der Waals surface area contributed by atoms with E-state index in [0.29, 0.717) is 0 Å². The molecule has 0 aliphatic carbocycles. The maximum absolute atomic E-state index is 13.5. The summed E-state index contributed by atoms with van der Waals surface area (Å²) in [4.78, 5) is 50.6. The van der Waals surface area contributed by atoms with Crippen LogP contribution in [0.1, 0.15) is 0 Å². The summed E-state index contributed by atoms with van der Waals surface area (Å²) in [5.41, 5.74) is 1.64. The van der Waals surface area contributed by atoms with Crippen molar-refractivity contribution in [2.24, 2.45) is 4.99 Å². The van der Waals surface area contributed by atoms with Crippen LogP contribution in [0, 0.1) is 0 Å². The number of benzene rings is 2. The van der Waals surface area contributed by atoms with Crippen LogP contribution in [-0.2, 0) is 9.59 Å². The predicted octanol–water partition coefficient (Wildman–Crippen LogP) is 2.38. The van der Waals surface area contributed by atoms with E-state index in [4.69, 9.17) is 0 Å². The topological polar surface area (TPSA) is 76.5 Å². The number of carbonyl (C=O) groups is 3. The summed E-state index contributed by atoms with van der Waals surface area (Å²) in [6, 6.07) is 14.4. The van der Waals surface area contributed by atoms with Crippen molar-refractivity contribution in [3.05, 3.63) is 48.5 Å². The molecule has 0 aromatic heterocycles. The zero-order chi connectivity index (χ0) is 21.0. The number of fused-ring (bicyclic) bond motifs is 3. The van der Waals surface area contributed by atoms with Crippen molar-refractivity contribution in [1.82, 2.24) is 14.7 Å². The zero-order valence-corrected chi connectivity index (χ0v) is 17.2. The van der Waals surface area contributed by atoms with E-state index in [1.165, 1.54) is 18.3 Å². The molecule has 0 radical (unpaired) electrons. The first-order chi connectivity index (χ1) is 14.5. The van der Waals surface area contributed by atoms with Gasteiger partial charge in [0.1, 0.15) is 0 Å². The van der Waals surface area contributed by atoms with Gasteiger partial charge < -0.3 is 9.80 Å². The van der Waals surface area contributed by atoms with Crippen LogP contribution in [-0.4, -0.2) is 71.7 Å². The Morgan fingerprint density at radius 2 is 1.60 bits per heavy atom. The fourth-order valence-electron chi connectivity index (χ4n) is 4.04. The van der Waals surface area contributed by atoms with Crippen LogP contribution in [0.15, 0.2) is 63.3 Å². The zero-order valence-electron chi connectivity index (χ0n) is 16.4. The molecule has 1 saturated heterocycles. The van der Waals surface area contributed by atoms with Gasteiger partial charge in [0.25, 0.3) is 11.8 Å². The molecule has 9 heteroatoms. The lowest BCUT2D eigenvalue weighted by atomic mass is 10.1. The van der Waals surface area contributed by atoms with Gasteiger partial charge in [-0.2, -0.15) is 0 Å². The minimum absolute atomic E-state index is 0.0282. The average molecular weight is 421 g/mol. The summed E-state index contributed by atoms with van der Waals surface area (Å²) in [6.07, 6.45) is 0.885. The van der Waals surface area contributed by atoms with Gasteiger partial charge in [-0.3, -0.25) is 19.4 Å². The molecule has 0 spiro atoms. The number of hydrogen-bond donors (Lipinski definition) is 0. The van der Waals surface area contributed by atoms with Gasteiger partial charge in [-0.25, -0.2) is 9.79 Å². The molecule has 8 nitrogen and oxygen atoms in total. The van der Waals surface area contributed by atoms with Gasteiger partial charge in [-0.1, -0.05) is 36.0 Å². The van der Waals surface area contributed by atoms with E-state index in [0.717, 1.165) is 26.1 Å². The smallest absolute Gasteiger partial charge is 0.328 e. The van der Waals surface area contributed by atoms with Crippen molar-refractivity contribution in [1.29, 1.82) is 0 Å². The fraction of sp³-hybridized carbons (Fsp3) is 0.238. The van der Waals surface area contributed by atoms with E-state index >= 15 is 0 Å². The Morgan fingerprint density at radius 1 is 1.00 bits per heavy atom. The molecule has 0 bridgehead atoms. The second-order valence-electron chi connectivity index (χ2n) is 7.35. The highest BCUT2D eigenvalue weighted by atomic mass is 32.2. The van der Waals surface area contributed by atoms with Crippen LogP contribution in [0.2, 0.25) is 0 Å². The Hall–Kier alpha value is -3.33. The van der Waals surface area contributed by atoms with Gasteiger partial charge in [0, 0.05) is 23.9 Å². The van der Waals surface area contributed by atoms with E-state index in [1.54, 1.807) is 28.6 Å². The van der Waals surface area contributed by atoms with Crippen LogP contribution in [0.4, 0.5) is 16.2 Å². The first-order valence-corrected chi connectivity index (χ1v) is 10.3. The van der Waals surface area contributed by atoms with Crippen molar-refractivity contribution >= 4 is 47.3 Å². The molecule has 4 amide bonds. The fourth-order valence-corrected chi connectivity index (χ4v) is 5.10. The molecular formula is C21H19N5O3S. The minimum Gasteiger partial charge on any atom is -0.338 e. The van der Waals surface area contributed by atoms with Crippen LogP contribution in [0.25, 0.3) is 0 Å². The van der Waals surface area contributed by atoms with Crippen LogP contribution in [0.3, 0.4) is 0 Å². The van der Waals surface area contributed by atoms with Crippen LogP contribution in [0.5, 0.6) is 0 Å². The molecule has 2 aromatic rings. The Bertz CT molecular complexity index is 1060. The molecule has 3 aliphatic heterocycles. The highest BCUT2D eigenvalue weighted by Gasteiger charge is 2.49. The van der Waals surface area contributed by atoms with Crippen molar-refractivity contribution in [2.75, 3.05) is 25.5 Å². The lowest BCUT2D eigenvalue weighted by Crippen LogP contribution is -2.64. The summed E-state index contributed by atoms with van der Waals surface area (Å²) in [7, 11) is 3.06. The Morgan fingerprint density at radius 3 is 2.23 bits per heavy atom. The number of para-hydroxylation sites is 2. The molecule has 1 fully saturated rings. The quantitative estimate of drug-likeness (QED) is 0.744. The van der Waals surface area contributed by atoms with E-state index in [2.05, 4.69) is 4.99 Å². The lowest BCUT2D eigenvalue weighted by molar-refractivity contribution is -0.136. The van der Waals surface area contributed by atoms with Gasteiger partial charge in [0.15, 0.2) is 12.2 Å². The number of imide groups is 1. The summed E-state index contributed by atoms with van der Waals surface area (Å²) < 4.78 is 0. The third kappa shape index (κ3) is 2.69.